The summed E-state index contributed by atoms with van der Waals surface area (Å²) in [6.45, 7) is 8.27. The molecule has 0 bridgehead atoms. The average molecular weight is 345 g/mol. The Hall–Kier alpha value is -1.88. The summed E-state index contributed by atoms with van der Waals surface area (Å²) in [4.78, 5) is 10.1. The number of aryl methyl sites for hydroxylation is 1. The molecule has 0 aliphatic rings. The molecule has 2 N–H and O–H groups in total. The molecule has 0 saturated carbocycles. The van der Waals surface area contributed by atoms with Crippen molar-refractivity contribution in [2.45, 2.75) is 40.2 Å². The lowest BCUT2D eigenvalue weighted by atomic mass is 9.86. The van der Waals surface area contributed by atoms with Gasteiger partial charge in [-0.25, -0.2) is 4.98 Å². The smallest absolute Gasteiger partial charge is 0.191 e. The highest BCUT2D eigenvalue weighted by molar-refractivity contribution is 7.11. The molecule has 2 rings (SSSR count). The van der Waals surface area contributed by atoms with Crippen LogP contribution in [0.5, 0.6) is 0 Å². The minimum atomic E-state index is 0.148. The van der Waals surface area contributed by atoms with Gasteiger partial charge >= 0.3 is 0 Å². The second kappa shape index (κ2) is 8.83. The summed E-state index contributed by atoms with van der Waals surface area (Å²) >= 11 is 1.75. The van der Waals surface area contributed by atoms with Crippen LogP contribution >= 0.6 is 11.3 Å². The van der Waals surface area contributed by atoms with Gasteiger partial charge in [0, 0.05) is 24.7 Å². The van der Waals surface area contributed by atoms with Gasteiger partial charge in [0.15, 0.2) is 5.96 Å². The van der Waals surface area contributed by atoms with Gasteiger partial charge in [-0.2, -0.15) is 0 Å². The molecular formula is C19H28N4S. The zero-order chi connectivity index (χ0) is 17.4. The van der Waals surface area contributed by atoms with E-state index < -0.39 is 0 Å². The van der Waals surface area contributed by atoms with Crippen LogP contribution in [0.1, 0.15) is 36.2 Å². The SMILES string of the molecule is CCc1cnc(CNC(=NC)NCC(C)(C)Cc2ccccc2)s1. The molecule has 0 fully saturated rings. The largest absolute Gasteiger partial charge is 0.356 e. The van der Waals surface area contributed by atoms with E-state index in [2.05, 4.69) is 71.7 Å². The molecular weight excluding hydrogens is 316 g/mol. The summed E-state index contributed by atoms with van der Waals surface area (Å²) in [5, 5.41) is 7.88. The lowest BCUT2D eigenvalue weighted by Crippen LogP contribution is -2.42. The van der Waals surface area contributed by atoms with E-state index in [9.17, 15) is 0 Å². The van der Waals surface area contributed by atoms with Crippen LogP contribution in [0.2, 0.25) is 0 Å². The molecule has 0 saturated heterocycles. The van der Waals surface area contributed by atoms with Crippen LogP contribution in [0.3, 0.4) is 0 Å². The van der Waals surface area contributed by atoms with Crippen molar-refractivity contribution >= 4 is 17.3 Å². The number of thiazole rings is 1. The maximum atomic E-state index is 4.43. The zero-order valence-corrected chi connectivity index (χ0v) is 15.9. The molecule has 1 heterocycles. The third-order valence-electron chi connectivity index (χ3n) is 3.84. The Bertz CT molecular complexity index is 646. The van der Waals surface area contributed by atoms with Gasteiger partial charge in [-0.3, -0.25) is 4.99 Å². The van der Waals surface area contributed by atoms with E-state index in [0.717, 1.165) is 30.4 Å². The quantitative estimate of drug-likeness (QED) is 0.595. The van der Waals surface area contributed by atoms with Crippen LogP contribution in [0, 0.1) is 5.41 Å². The highest BCUT2D eigenvalue weighted by atomic mass is 32.1. The molecule has 1 aromatic heterocycles. The predicted molar refractivity (Wildman–Crippen MR) is 104 cm³/mol. The van der Waals surface area contributed by atoms with Crippen molar-refractivity contribution in [1.82, 2.24) is 15.6 Å². The molecule has 24 heavy (non-hydrogen) atoms. The van der Waals surface area contributed by atoms with Gasteiger partial charge in [-0.05, 0) is 23.8 Å². The number of hydrogen-bond donors (Lipinski definition) is 2. The Morgan fingerprint density at radius 2 is 1.96 bits per heavy atom. The Morgan fingerprint density at radius 3 is 2.58 bits per heavy atom. The lowest BCUT2D eigenvalue weighted by Gasteiger charge is -2.26. The molecule has 130 valence electrons. The first-order valence-electron chi connectivity index (χ1n) is 8.44. The Balaban J connectivity index is 1.81. The highest BCUT2D eigenvalue weighted by Gasteiger charge is 2.19. The first-order valence-corrected chi connectivity index (χ1v) is 9.26. The van der Waals surface area contributed by atoms with E-state index >= 15 is 0 Å². The fourth-order valence-electron chi connectivity index (χ4n) is 2.51. The topological polar surface area (TPSA) is 49.3 Å². The van der Waals surface area contributed by atoms with Crippen molar-refractivity contribution in [2.24, 2.45) is 10.4 Å². The van der Waals surface area contributed by atoms with E-state index in [1.165, 1.54) is 10.4 Å². The Morgan fingerprint density at radius 1 is 1.21 bits per heavy atom. The van der Waals surface area contributed by atoms with Crippen LogP contribution < -0.4 is 10.6 Å². The first kappa shape index (κ1) is 18.5. The minimum Gasteiger partial charge on any atom is -0.356 e. The van der Waals surface area contributed by atoms with Crippen LogP contribution in [0.4, 0.5) is 0 Å². The van der Waals surface area contributed by atoms with Crippen molar-refractivity contribution in [1.29, 1.82) is 0 Å². The second-order valence-electron chi connectivity index (χ2n) is 6.68. The summed E-state index contributed by atoms with van der Waals surface area (Å²) < 4.78 is 0. The molecule has 2 aromatic rings. The summed E-state index contributed by atoms with van der Waals surface area (Å²) in [7, 11) is 1.80. The third kappa shape index (κ3) is 5.96. The lowest BCUT2D eigenvalue weighted by molar-refractivity contribution is 0.359. The van der Waals surface area contributed by atoms with Crippen molar-refractivity contribution in [3.63, 3.8) is 0 Å². The fraction of sp³-hybridized carbons (Fsp3) is 0.474. The molecule has 4 nitrogen and oxygen atoms in total. The van der Waals surface area contributed by atoms with Gasteiger partial charge in [0.05, 0.1) is 6.54 Å². The molecule has 0 unspecified atom stereocenters. The number of aliphatic imine (C=N–C) groups is 1. The predicted octanol–water partition coefficient (Wildman–Crippen LogP) is 3.64. The monoisotopic (exact) mass is 344 g/mol. The summed E-state index contributed by atoms with van der Waals surface area (Å²) in [6, 6.07) is 10.6. The molecule has 0 spiro atoms. The van der Waals surface area contributed by atoms with Crippen molar-refractivity contribution in [2.75, 3.05) is 13.6 Å². The second-order valence-corrected chi connectivity index (χ2v) is 7.88. The fourth-order valence-corrected chi connectivity index (χ4v) is 3.31. The van der Waals surface area contributed by atoms with Crippen LogP contribution in [0.25, 0.3) is 0 Å². The number of benzene rings is 1. The molecule has 0 atom stereocenters. The summed E-state index contributed by atoms with van der Waals surface area (Å²) in [5.74, 6) is 0.824. The van der Waals surface area contributed by atoms with Crippen LogP contribution in [-0.4, -0.2) is 24.5 Å². The summed E-state index contributed by atoms with van der Waals surface area (Å²) in [5.41, 5.74) is 1.51. The van der Waals surface area contributed by atoms with Gasteiger partial charge in [-0.1, -0.05) is 51.1 Å². The highest BCUT2D eigenvalue weighted by Crippen LogP contribution is 2.20. The Kier molecular flexibility index (Phi) is 6.79. The summed E-state index contributed by atoms with van der Waals surface area (Å²) in [6.07, 6.45) is 4.03. The third-order valence-corrected chi connectivity index (χ3v) is 4.98. The molecule has 0 aliphatic heterocycles. The molecule has 0 radical (unpaired) electrons. The van der Waals surface area contributed by atoms with Gasteiger partial charge in [0.1, 0.15) is 5.01 Å². The standard InChI is InChI=1S/C19H28N4S/c1-5-16-12-21-17(24-16)13-22-18(20-4)23-14-19(2,3)11-15-9-7-6-8-10-15/h6-10,12H,5,11,13-14H2,1-4H3,(H2,20,22,23). The Labute approximate surface area is 149 Å². The number of nitrogens with one attached hydrogen (secondary N) is 2. The van der Waals surface area contributed by atoms with E-state index in [-0.39, 0.29) is 5.41 Å². The minimum absolute atomic E-state index is 0.148. The van der Waals surface area contributed by atoms with Crippen molar-refractivity contribution < 1.29 is 0 Å². The van der Waals surface area contributed by atoms with Gasteiger partial charge < -0.3 is 10.6 Å². The van der Waals surface area contributed by atoms with E-state index in [0.29, 0.717) is 6.54 Å². The van der Waals surface area contributed by atoms with E-state index in [1.807, 2.05) is 6.20 Å². The molecule has 0 aliphatic carbocycles. The van der Waals surface area contributed by atoms with E-state index in [4.69, 9.17) is 0 Å². The number of aromatic nitrogens is 1. The number of guanidine groups is 1. The number of rotatable bonds is 7. The average Bonchev–Trinajstić information content (AvgIpc) is 3.03. The normalized spacial score (nSPS) is 12.2. The van der Waals surface area contributed by atoms with Crippen molar-refractivity contribution in [3.05, 3.63) is 52.0 Å². The molecule has 5 heteroatoms. The number of hydrogen-bond acceptors (Lipinski definition) is 3. The zero-order valence-electron chi connectivity index (χ0n) is 15.1. The maximum Gasteiger partial charge on any atom is 0.191 e. The van der Waals surface area contributed by atoms with Crippen molar-refractivity contribution in [3.8, 4) is 0 Å². The van der Waals surface area contributed by atoms with Crippen LogP contribution in [0.15, 0.2) is 41.5 Å². The molecule has 0 amide bonds. The van der Waals surface area contributed by atoms with Crippen LogP contribution in [-0.2, 0) is 19.4 Å². The molecule has 1 aromatic carbocycles. The van der Waals surface area contributed by atoms with Gasteiger partial charge in [0.2, 0.25) is 0 Å². The van der Waals surface area contributed by atoms with Gasteiger partial charge in [-0.15, -0.1) is 11.3 Å². The van der Waals surface area contributed by atoms with E-state index in [1.54, 1.807) is 18.4 Å². The first-order chi connectivity index (χ1) is 11.5. The number of nitrogens with zero attached hydrogens (tertiary/aromatic N) is 2. The van der Waals surface area contributed by atoms with Gasteiger partial charge in [0.25, 0.3) is 0 Å². The maximum absolute atomic E-state index is 4.43.